The first-order chi connectivity index (χ1) is 20.9. The van der Waals surface area contributed by atoms with Gasteiger partial charge in [0.25, 0.3) is 11.8 Å². The molecule has 1 aromatic heterocycles. The van der Waals surface area contributed by atoms with E-state index in [9.17, 15) is 19.6 Å². The topological polar surface area (TPSA) is 111 Å². The molecule has 0 fully saturated rings. The van der Waals surface area contributed by atoms with Gasteiger partial charge >= 0.3 is 0 Å². The van der Waals surface area contributed by atoms with Gasteiger partial charge in [-0.25, -0.2) is 0 Å². The number of anilines is 2. The molecule has 1 heterocycles. The monoisotopic (exact) mass is 606 g/mol. The van der Waals surface area contributed by atoms with Gasteiger partial charge in [-0.1, -0.05) is 54.1 Å². The smallest absolute Gasteiger partial charge is 0.272 e. The van der Waals surface area contributed by atoms with Crippen LogP contribution in [0, 0.1) is 18.3 Å². The molecule has 7 nitrogen and oxygen atoms in total. The second-order valence-corrected chi connectivity index (χ2v) is 12.3. The van der Waals surface area contributed by atoms with Gasteiger partial charge in [0.1, 0.15) is 16.8 Å². The van der Waals surface area contributed by atoms with Crippen molar-refractivity contribution in [1.82, 2.24) is 5.32 Å². The van der Waals surface area contributed by atoms with Gasteiger partial charge in [0, 0.05) is 21.0 Å². The van der Waals surface area contributed by atoms with Crippen LogP contribution in [0.2, 0.25) is 0 Å². The SMILES string of the molecule is Cc1cccc(/C=C(/NC(=O)c2ccccc2)C(=O)Nc2cccc(SCC(=O)Nc3sc4c(c3C#N)CCCC4)c2)c1. The summed E-state index contributed by atoms with van der Waals surface area (Å²) in [7, 11) is 0. The number of carbonyl (C=O) groups excluding carboxylic acids is 3. The minimum Gasteiger partial charge on any atom is -0.321 e. The fourth-order valence-electron chi connectivity index (χ4n) is 4.81. The Hall–Kier alpha value is -4.65. The molecule has 5 rings (SSSR count). The zero-order valence-electron chi connectivity index (χ0n) is 23.6. The Morgan fingerprint density at radius 3 is 2.53 bits per heavy atom. The molecule has 3 aromatic carbocycles. The summed E-state index contributed by atoms with van der Waals surface area (Å²) in [6, 6.07) is 25.8. The van der Waals surface area contributed by atoms with Gasteiger partial charge in [-0.05, 0) is 80.1 Å². The summed E-state index contributed by atoms with van der Waals surface area (Å²) in [5, 5.41) is 18.9. The van der Waals surface area contributed by atoms with E-state index in [1.807, 2.05) is 43.3 Å². The van der Waals surface area contributed by atoms with Crippen molar-refractivity contribution in [2.45, 2.75) is 37.5 Å². The summed E-state index contributed by atoms with van der Waals surface area (Å²) in [5.74, 6) is -0.912. The maximum Gasteiger partial charge on any atom is 0.272 e. The minimum atomic E-state index is -0.476. The van der Waals surface area contributed by atoms with E-state index in [2.05, 4.69) is 22.0 Å². The van der Waals surface area contributed by atoms with E-state index in [1.165, 1.54) is 28.0 Å². The quantitative estimate of drug-likeness (QED) is 0.141. The molecule has 3 amide bonds. The van der Waals surface area contributed by atoms with Crippen molar-refractivity contribution in [3.8, 4) is 6.07 Å². The number of nitriles is 1. The van der Waals surface area contributed by atoms with Crippen LogP contribution in [0.25, 0.3) is 6.08 Å². The normalized spacial score (nSPS) is 12.5. The minimum absolute atomic E-state index is 0.101. The van der Waals surface area contributed by atoms with E-state index in [4.69, 9.17) is 0 Å². The first-order valence-corrected chi connectivity index (χ1v) is 15.7. The van der Waals surface area contributed by atoms with Crippen LogP contribution >= 0.6 is 23.1 Å². The molecule has 0 radical (unpaired) electrons. The van der Waals surface area contributed by atoms with Crippen LogP contribution in [0.5, 0.6) is 0 Å². The lowest BCUT2D eigenvalue weighted by Gasteiger charge is -2.12. The second kappa shape index (κ2) is 14.0. The number of rotatable bonds is 9. The van der Waals surface area contributed by atoms with Gasteiger partial charge in [-0.15, -0.1) is 23.1 Å². The number of nitrogens with zero attached hydrogens (tertiary/aromatic N) is 1. The van der Waals surface area contributed by atoms with E-state index in [0.717, 1.165) is 47.3 Å². The highest BCUT2D eigenvalue weighted by molar-refractivity contribution is 8.00. The molecule has 1 aliphatic carbocycles. The van der Waals surface area contributed by atoms with Crippen LogP contribution in [0.3, 0.4) is 0 Å². The van der Waals surface area contributed by atoms with Crippen molar-refractivity contribution in [2.24, 2.45) is 0 Å². The highest BCUT2D eigenvalue weighted by Crippen LogP contribution is 2.37. The van der Waals surface area contributed by atoms with E-state index >= 15 is 0 Å². The summed E-state index contributed by atoms with van der Waals surface area (Å²) in [6.45, 7) is 1.96. The Kier molecular flexibility index (Phi) is 9.72. The summed E-state index contributed by atoms with van der Waals surface area (Å²) in [4.78, 5) is 41.1. The number of benzene rings is 3. The standard InChI is InChI=1S/C34H30N4O3S2/c1-22-9-7-10-23(17-22)18-29(37-32(40)24-11-3-2-4-12-24)33(41)36-25-13-8-14-26(19-25)42-21-31(39)38-34-28(20-35)27-15-5-6-16-30(27)43-34/h2-4,7-14,17-19H,5-6,15-16,21H2,1H3,(H,36,41)(H,37,40)(H,38,39)/b29-18+. The van der Waals surface area contributed by atoms with Gasteiger partial charge in [-0.3, -0.25) is 14.4 Å². The molecule has 4 aromatic rings. The number of thiophene rings is 1. The van der Waals surface area contributed by atoms with Crippen molar-refractivity contribution in [3.63, 3.8) is 0 Å². The number of fused-ring (bicyclic) bond motifs is 1. The van der Waals surface area contributed by atoms with Crippen LogP contribution < -0.4 is 16.0 Å². The van der Waals surface area contributed by atoms with Crippen molar-refractivity contribution in [1.29, 1.82) is 5.26 Å². The number of carbonyl (C=O) groups is 3. The fourth-order valence-corrected chi connectivity index (χ4v) is 6.83. The highest BCUT2D eigenvalue weighted by atomic mass is 32.2. The average molecular weight is 607 g/mol. The third-order valence-corrected chi connectivity index (χ3v) is 9.08. The second-order valence-electron chi connectivity index (χ2n) is 10.1. The Morgan fingerprint density at radius 1 is 0.953 bits per heavy atom. The molecule has 0 bridgehead atoms. The summed E-state index contributed by atoms with van der Waals surface area (Å²) in [5.41, 5.74) is 4.55. The van der Waals surface area contributed by atoms with Gasteiger partial charge in [0.05, 0.1) is 11.3 Å². The molecule has 0 saturated carbocycles. The van der Waals surface area contributed by atoms with Crippen molar-refractivity contribution < 1.29 is 14.4 Å². The molecule has 43 heavy (non-hydrogen) atoms. The first kappa shape index (κ1) is 29.8. The zero-order chi connectivity index (χ0) is 30.2. The third-order valence-electron chi connectivity index (χ3n) is 6.88. The molecule has 1 aliphatic rings. The van der Waals surface area contributed by atoms with Gasteiger partial charge in [-0.2, -0.15) is 5.26 Å². The zero-order valence-corrected chi connectivity index (χ0v) is 25.2. The molecule has 3 N–H and O–H groups in total. The molecular weight excluding hydrogens is 577 g/mol. The maximum absolute atomic E-state index is 13.4. The molecule has 0 spiro atoms. The molecule has 9 heteroatoms. The van der Waals surface area contributed by atoms with Crippen LogP contribution in [0.1, 0.15) is 50.3 Å². The van der Waals surface area contributed by atoms with E-state index in [-0.39, 0.29) is 17.4 Å². The van der Waals surface area contributed by atoms with E-state index in [0.29, 0.717) is 21.8 Å². The van der Waals surface area contributed by atoms with Crippen LogP contribution in [-0.4, -0.2) is 23.5 Å². The molecule has 0 unspecified atom stereocenters. The summed E-state index contributed by atoms with van der Waals surface area (Å²) < 4.78 is 0. The van der Waals surface area contributed by atoms with Crippen LogP contribution in [0.4, 0.5) is 10.7 Å². The molecular formula is C34H30N4O3S2. The van der Waals surface area contributed by atoms with Gasteiger partial charge < -0.3 is 16.0 Å². The van der Waals surface area contributed by atoms with Crippen LogP contribution in [-0.2, 0) is 22.4 Å². The first-order valence-electron chi connectivity index (χ1n) is 13.9. The lowest BCUT2D eigenvalue weighted by Crippen LogP contribution is -2.30. The van der Waals surface area contributed by atoms with Crippen molar-refractivity contribution >= 4 is 57.6 Å². The lowest BCUT2D eigenvalue weighted by molar-refractivity contribution is -0.114. The largest absolute Gasteiger partial charge is 0.321 e. The maximum atomic E-state index is 13.4. The Labute approximate surface area is 259 Å². The highest BCUT2D eigenvalue weighted by Gasteiger charge is 2.22. The molecule has 0 saturated heterocycles. The predicted molar refractivity (Wildman–Crippen MR) is 173 cm³/mol. The number of amides is 3. The predicted octanol–water partition coefficient (Wildman–Crippen LogP) is 6.95. The average Bonchev–Trinajstić information content (AvgIpc) is 3.37. The van der Waals surface area contributed by atoms with Crippen LogP contribution in [0.15, 0.2) is 89.5 Å². The van der Waals surface area contributed by atoms with Crippen molar-refractivity contribution in [3.05, 3.63) is 117 Å². The summed E-state index contributed by atoms with van der Waals surface area (Å²) >= 11 is 2.84. The summed E-state index contributed by atoms with van der Waals surface area (Å²) in [6.07, 6.45) is 5.66. The number of hydrogen-bond donors (Lipinski definition) is 3. The van der Waals surface area contributed by atoms with Gasteiger partial charge in [0.2, 0.25) is 5.91 Å². The van der Waals surface area contributed by atoms with Crippen molar-refractivity contribution in [2.75, 3.05) is 16.4 Å². The number of hydrogen-bond acceptors (Lipinski definition) is 6. The Morgan fingerprint density at radius 2 is 1.74 bits per heavy atom. The number of thioether (sulfide) groups is 1. The van der Waals surface area contributed by atoms with E-state index in [1.54, 1.807) is 48.5 Å². The molecule has 216 valence electrons. The number of nitrogens with one attached hydrogen (secondary N) is 3. The molecule has 0 atom stereocenters. The fraction of sp³-hybridized carbons (Fsp3) is 0.176. The number of aryl methyl sites for hydroxylation is 2. The lowest BCUT2D eigenvalue weighted by atomic mass is 9.96. The van der Waals surface area contributed by atoms with E-state index < -0.39 is 11.8 Å². The molecule has 0 aliphatic heterocycles. The van der Waals surface area contributed by atoms with Gasteiger partial charge in [0.15, 0.2) is 0 Å². The third kappa shape index (κ3) is 7.80. The Balaban J connectivity index is 1.26. The Bertz CT molecular complexity index is 1740.